The molecule has 2 heterocycles. The van der Waals surface area contributed by atoms with Gasteiger partial charge in [-0.2, -0.15) is 18.3 Å². The highest BCUT2D eigenvalue weighted by atomic mass is 19.4. The first-order chi connectivity index (χ1) is 16.6. The Morgan fingerprint density at radius 2 is 1.66 bits per heavy atom. The summed E-state index contributed by atoms with van der Waals surface area (Å²) in [5.41, 5.74) is -0.259. The van der Waals surface area contributed by atoms with Crippen LogP contribution in [0.25, 0.3) is 5.69 Å². The maximum absolute atomic E-state index is 14.1. The number of benzene rings is 2. The first-order valence-electron chi connectivity index (χ1n) is 11.1. The Balaban J connectivity index is 1.63. The van der Waals surface area contributed by atoms with Crippen molar-refractivity contribution in [2.75, 3.05) is 32.6 Å². The summed E-state index contributed by atoms with van der Waals surface area (Å²) in [5, 5.41) is 12.1. The van der Waals surface area contributed by atoms with Gasteiger partial charge in [0.25, 0.3) is 5.91 Å². The monoisotopic (exact) mass is 483 g/mol. The maximum atomic E-state index is 14.1. The highest BCUT2D eigenvalue weighted by Crippen LogP contribution is 2.56. The summed E-state index contributed by atoms with van der Waals surface area (Å²) in [7, 11) is 5.03. The number of carbonyl (C=O) groups is 1. The number of nitrogens with zero attached hydrogens (tertiary/aromatic N) is 4. The lowest BCUT2D eigenvalue weighted by Gasteiger charge is -2.34. The number of ether oxygens (including phenoxy) is 1. The molecule has 2 aromatic carbocycles. The molecule has 1 aromatic heterocycles. The van der Waals surface area contributed by atoms with Gasteiger partial charge in [0, 0.05) is 42.9 Å². The van der Waals surface area contributed by atoms with Crippen LogP contribution in [0.2, 0.25) is 0 Å². The van der Waals surface area contributed by atoms with Gasteiger partial charge in [-0.25, -0.2) is 4.68 Å². The van der Waals surface area contributed by atoms with Crippen molar-refractivity contribution in [3.05, 3.63) is 71.0 Å². The topological polar surface area (TPSA) is 74.5 Å². The molecule has 0 bridgehead atoms. The molecule has 0 saturated heterocycles. The van der Waals surface area contributed by atoms with Crippen LogP contribution in [0.15, 0.2) is 48.5 Å². The molecule has 0 unspecified atom stereocenters. The Morgan fingerprint density at radius 3 is 2.17 bits per heavy atom. The fourth-order valence-electron chi connectivity index (χ4n) is 4.63. The molecule has 1 N–H and O–H groups in total. The lowest BCUT2D eigenvalue weighted by molar-refractivity contribution is -0.142. The molecule has 2 aliphatic rings. The summed E-state index contributed by atoms with van der Waals surface area (Å²) in [6.45, 7) is 0.153. The number of aromatic nitrogens is 2. The number of hydrogen-bond donors (Lipinski definition) is 1. The fraction of sp³-hybridized carbons (Fsp3) is 0.320. The second-order valence-electron chi connectivity index (χ2n) is 9.14. The molecule has 10 heteroatoms. The van der Waals surface area contributed by atoms with Crippen LogP contribution in [0, 0.1) is 5.41 Å². The molecule has 1 amide bonds. The van der Waals surface area contributed by atoms with Gasteiger partial charge >= 0.3 is 6.18 Å². The van der Waals surface area contributed by atoms with Crippen LogP contribution >= 0.6 is 0 Å². The maximum Gasteiger partial charge on any atom is 0.435 e. The fourth-order valence-corrected chi connectivity index (χ4v) is 4.63. The number of halogens is 3. The highest BCUT2D eigenvalue weighted by molar-refractivity contribution is 6.09. The zero-order valence-corrected chi connectivity index (χ0v) is 19.5. The van der Waals surface area contributed by atoms with Crippen LogP contribution in [0.1, 0.15) is 40.2 Å². The quantitative estimate of drug-likeness (QED) is 0.439. The van der Waals surface area contributed by atoms with Crippen molar-refractivity contribution in [1.82, 2.24) is 14.7 Å². The third-order valence-electron chi connectivity index (χ3n) is 6.66. The van der Waals surface area contributed by atoms with Crippen molar-refractivity contribution < 1.29 is 22.7 Å². The van der Waals surface area contributed by atoms with Gasteiger partial charge in [-0.3, -0.25) is 10.2 Å². The Hall–Kier alpha value is -3.82. The highest BCUT2D eigenvalue weighted by Gasteiger charge is 2.58. The van der Waals surface area contributed by atoms with E-state index >= 15 is 0 Å². The van der Waals surface area contributed by atoms with Gasteiger partial charge in [-0.05, 0) is 61.4 Å². The van der Waals surface area contributed by atoms with Gasteiger partial charge in [0.05, 0.1) is 12.8 Å². The molecule has 5 rings (SSSR count). The molecule has 1 fully saturated rings. The number of amidine groups is 1. The van der Waals surface area contributed by atoms with E-state index in [1.807, 2.05) is 0 Å². The number of amides is 1. The average Bonchev–Trinajstić information content (AvgIpc) is 3.48. The van der Waals surface area contributed by atoms with Crippen LogP contribution in [0.4, 0.5) is 18.9 Å². The summed E-state index contributed by atoms with van der Waals surface area (Å²) in [5.74, 6) is 0.322. The van der Waals surface area contributed by atoms with Crippen LogP contribution in [-0.2, 0) is 11.6 Å². The van der Waals surface area contributed by atoms with Gasteiger partial charge in [0.1, 0.15) is 17.3 Å². The minimum Gasteiger partial charge on any atom is -0.497 e. The molecule has 1 spiro atoms. The van der Waals surface area contributed by atoms with Gasteiger partial charge in [0.2, 0.25) is 0 Å². The van der Waals surface area contributed by atoms with Crippen LogP contribution in [0.3, 0.4) is 0 Å². The van der Waals surface area contributed by atoms with E-state index < -0.39 is 23.2 Å². The summed E-state index contributed by atoms with van der Waals surface area (Å²) < 4.78 is 48.5. The average molecular weight is 483 g/mol. The second kappa shape index (κ2) is 7.86. The van der Waals surface area contributed by atoms with Crippen molar-refractivity contribution in [3.63, 3.8) is 0 Å². The van der Waals surface area contributed by atoms with Crippen LogP contribution in [-0.4, -0.2) is 54.2 Å². The molecule has 182 valence electrons. The first-order valence-corrected chi connectivity index (χ1v) is 11.1. The van der Waals surface area contributed by atoms with E-state index in [-0.39, 0.29) is 17.8 Å². The van der Waals surface area contributed by atoms with Crippen molar-refractivity contribution in [2.45, 2.75) is 24.4 Å². The third-order valence-corrected chi connectivity index (χ3v) is 6.66. The summed E-state index contributed by atoms with van der Waals surface area (Å²) in [6, 6.07) is 13.3. The molecule has 0 radical (unpaired) electrons. The SMILES string of the molecule is COc1ccc(-n2nc(C(F)(F)F)c3c2C(=O)N(c2ccc(C(=N)N(C)C)cc2)CC32CC2)cc1. The van der Waals surface area contributed by atoms with Crippen molar-refractivity contribution in [2.24, 2.45) is 0 Å². The van der Waals surface area contributed by atoms with E-state index in [0.29, 0.717) is 41.4 Å². The van der Waals surface area contributed by atoms with E-state index in [4.69, 9.17) is 10.1 Å². The van der Waals surface area contributed by atoms with Gasteiger partial charge in [0.15, 0.2) is 5.69 Å². The normalized spacial score (nSPS) is 16.3. The molecule has 3 aromatic rings. The minimum absolute atomic E-state index is 0.00641. The lowest BCUT2D eigenvalue weighted by atomic mass is 9.88. The van der Waals surface area contributed by atoms with E-state index in [2.05, 4.69) is 5.10 Å². The smallest absolute Gasteiger partial charge is 0.435 e. The first kappa shape index (κ1) is 22.9. The molecular weight excluding hydrogens is 459 g/mol. The van der Waals surface area contributed by atoms with Crippen molar-refractivity contribution in [3.8, 4) is 11.4 Å². The molecule has 35 heavy (non-hydrogen) atoms. The van der Waals surface area contributed by atoms with Gasteiger partial charge < -0.3 is 14.5 Å². The Kier molecular flexibility index (Phi) is 5.15. The van der Waals surface area contributed by atoms with E-state index in [0.717, 1.165) is 4.68 Å². The van der Waals surface area contributed by atoms with Crippen molar-refractivity contribution in [1.29, 1.82) is 5.41 Å². The van der Waals surface area contributed by atoms with Crippen LogP contribution < -0.4 is 9.64 Å². The standard InChI is InChI=1S/C25H24F3N5O2/c1-31(2)22(29)15-4-6-16(7-5-15)32-14-24(12-13-24)19-20(23(32)34)33(30-21(19)25(26,27)28)17-8-10-18(35-3)11-9-17/h4-11,29H,12-14H2,1-3H3. The minimum atomic E-state index is -4.69. The largest absolute Gasteiger partial charge is 0.497 e. The van der Waals surface area contributed by atoms with Gasteiger partial charge in [-0.1, -0.05) is 0 Å². The molecule has 1 saturated carbocycles. The number of carbonyl (C=O) groups excluding carboxylic acids is 1. The van der Waals surface area contributed by atoms with Crippen LogP contribution in [0.5, 0.6) is 5.75 Å². The Morgan fingerprint density at radius 1 is 1.06 bits per heavy atom. The molecule has 7 nitrogen and oxygen atoms in total. The summed E-state index contributed by atoms with van der Waals surface area (Å²) >= 11 is 0. The Labute approximate surface area is 200 Å². The Bertz CT molecular complexity index is 1310. The predicted octanol–water partition coefficient (Wildman–Crippen LogP) is 4.48. The number of fused-ring (bicyclic) bond motifs is 2. The zero-order valence-electron chi connectivity index (χ0n) is 19.5. The predicted molar refractivity (Wildman–Crippen MR) is 125 cm³/mol. The number of nitrogens with one attached hydrogen (secondary N) is 1. The number of alkyl halides is 3. The van der Waals surface area contributed by atoms with E-state index in [1.54, 1.807) is 67.5 Å². The third kappa shape index (κ3) is 3.73. The number of rotatable bonds is 4. The second-order valence-corrected chi connectivity index (χ2v) is 9.14. The number of anilines is 1. The zero-order chi connectivity index (χ0) is 25.1. The summed E-state index contributed by atoms with van der Waals surface area (Å²) in [6.07, 6.45) is -3.59. The number of hydrogen-bond acceptors (Lipinski definition) is 4. The molecule has 1 aliphatic heterocycles. The van der Waals surface area contributed by atoms with E-state index in [1.165, 1.54) is 12.0 Å². The number of methoxy groups -OCH3 is 1. The lowest BCUT2D eigenvalue weighted by Crippen LogP contribution is -2.44. The van der Waals surface area contributed by atoms with Gasteiger partial charge in [-0.15, -0.1) is 0 Å². The molecular formula is C25H24F3N5O2. The molecule has 0 atom stereocenters. The van der Waals surface area contributed by atoms with Crippen molar-refractivity contribution >= 4 is 17.4 Å². The summed E-state index contributed by atoms with van der Waals surface area (Å²) in [4.78, 5) is 16.9. The van der Waals surface area contributed by atoms with E-state index in [9.17, 15) is 18.0 Å². The molecule has 1 aliphatic carbocycles.